The van der Waals surface area contributed by atoms with Crippen LogP contribution in [-0.2, 0) is 11.2 Å². The third-order valence-electron chi connectivity index (χ3n) is 4.91. The van der Waals surface area contributed by atoms with Crippen LogP contribution in [0.5, 0.6) is 0 Å². The molecule has 2 N–H and O–H groups in total. The van der Waals surface area contributed by atoms with E-state index in [1.807, 2.05) is 74.1 Å². The second kappa shape index (κ2) is 10.7. The summed E-state index contributed by atoms with van der Waals surface area (Å²) in [7, 11) is 3.99. The molecule has 156 valence electrons. The minimum Gasteiger partial charge on any atom is -0.352 e. The molecular formula is C24H27N3O2S. The van der Waals surface area contributed by atoms with Gasteiger partial charge in [-0.25, -0.2) is 0 Å². The Morgan fingerprint density at radius 3 is 2.20 bits per heavy atom. The van der Waals surface area contributed by atoms with E-state index in [-0.39, 0.29) is 17.9 Å². The van der Waals surface area contributed by atoms with E-state index < -0.39 is 6.04 Å². The molecule has 0 bridgehead atoms. The number of hydrogen-bond donors (Lipinski definition) is 2. The molecule has 0 fully saturated rings. The molecule has 1 aromatic heterocycles. The van der Waals surface area contributed by atoms with Crippen LogP contribution in [0.3, 0.4) is 0 Å². The maximum Gasteiger partial charge on any atom is 0.251 e. The van der Waals surface area contributed by atoms with Gasteiger partial charge in [-0.05, 0) is 43.2 Å². The Labute approximate surface area is 181 Å². The fourth-order valence-corrected chi connectivity index (χ4v) is 4.15. The molecule has 0 saturated heterocycles. The van der Waals surface area contributed by atoms with E-state index in [2.05, 4.69) is 21.6 Å². The van der Waals surface area contributed by atoms with E-state index in [9.17, 15) is 9.59 Å². The number of benzene rings is 2. The van der Waals surface area contributed by atoms with Crippen LogP contribution in [0.25, 0.3) is 0 Å². The van der Waals surface area contributed by atoms with E-state index in [1.165, 1.54) is 4.88 Å². The van der Waals surface area contributed by atoms with Gasteiger partial charge in [0.25, 0.3) is 5.91 Å². The first kappa shape index (κ1) is 21.7. The van der Waals surface area contributed by atoms with E-state index in [1.54, 1.807) is 23.5 Å². The summed E-state index contributed by atoms with van der Waals surface area (Å²) in [4.78, 5) is 29.0. The summed E-state index contributed by atoms with van der Waals surface area (Å²) in [5, 5.41) is 7.98. The molecule has 3 aromatic rings. The van der Waals surface area contributed by atoms with Gasteiger partial charge in [-0.3, -0.25) is 9.59 Å². The molecule has 0 saturated carbocycles. The van der Waals surface area contributed by atoms with Crippen molar-refractivity contribution < 1.29 is 9.59 Å². The zero-order chi connectivity index (χ0) is 21.3. The van der Waals surface area contributed by atoms with Gasteiger partial charge in [0.15, 0.2) is 0 Å². The molecule has 0 spiro atoms. The second-order valence-electron chi connectivity index (χ2n) is 7.32. The maximum absolute atomic E-state index is 13.1. The average Bonchev–Trinajstić information content (AvgIpc) is 3.29. The molecule has 0 aliphatic heterocycles. The highest BCUT2D eigenvalue weighted by molar-refractivity contribution is 7.10. The molecule has 30 heavy (non-hydrogen) atoms. The van der Waals surface area contributed by atoms with Crippen molar-refractivity contribution in [2.45, 2.75) is 18.5 Å². The van der Waals surface area contributed by atoms with Gasteiger partial charge in [0.1, 0.15) is 6.04 Å². The highest BCUT2D eigenvalue weighted by Gasteiger charge is 2.24. The van der Waals surface area contributed by atoms with Crippen molar-refractivity contribution in [3.8, 4) is 0 Å². The van der Waals surface area contributed by atoms with E-state index in [0.717, 1.165) is 5.56 Å². The number of nitrogens with zero attached hydrogens (tertiary/aromatic N) is 1. The van der Waals surface area contributed by atoms with Crippen LogP contribution in [0.2, 0.25) is 0 Å². The number of carbonyl (C=O) groups excluding carboxylic acids is 2. The smallest absolute Gasteiger partial charge is 0.251 e. The fourth-order valence-electron chi connectivity index (χ4n) is 3.23. The Kier molecular flexibility index (Phi) is 7.76. The predicted octanol–water partition coefficient (Wildman–Crippen LogP) is 3.51. The van der Waals surface area contributed by atoms with Gasteiger partial charge in [-0.1, -0.05) is 54.6 Å². The van der Waals surface area contributed by atoms with Crippen molar-refractivity contribution >= 4 is 23.2 Å². The highest BCUT2D eigenvalue weighted by Crippen LogP contribution is 2.22. The molecular weight excluding hydrogens is 394 g/mol. The van der Waals surface area contributed by atoms with Crippen LogP contribution in [0.1, 0.15) is 26.8 Å². The summed E-state index contributed by atoms with van der Waals surface area (Å²) < 4.78 is 0. The van der Waals surface area contributed by atoms with Crippen molar-refractivity contribution in [1.82, 2.24) is 15.5 Å². The van der Waals surface area contributed by atoms with Gasteiger partial charge < -0.3 is 15.5 Å². The van der Waals surface area contributed by atoms with Gasteiger partial charge in [0.05, 0.1) is 6.04 Å². The number of nitrogens with one attached hydrogen (secondary N) is 2. The number of rotatable bonds is 9. The van der Waals surface area contributed by atoms with Crippen LogP contribution < -0.4 is 10.6 Å². The quantitative estimate of drug-likeness (QED) is 0.556. The highest BCUT2D eigenvalue weighted by atomic mass is 32.1. The van der Waals surface area contributed by atoms with E-state index in [4.69, 9.17) is 0 Å². The van der Waals surface area contributed by atoms with Gasteiger partial charge in [0.2, 0.25) is 5.91 Å². The molecule has 0 radical (unpaired) electrons. The van der Waals surface area contributed by atoms with Gasteiger partial charge >= 0.3 is 0 Å². The first-order valence-corrected chi connectivity index (χ1v) is 10.8. The van der Waals surface area contributed by atoms with Gasteiger partial charge in [0, 0.05) is 23.4 Å². The number of likely N-dealkylation sites (N-methyl/N-ethyl adjacent to an activating group) is 1. The number of carbonyl (C=O) groups is 2. The average molecular weight is 422 g/mol. The molecule has 0 aliphatic rings. The van der Waals surface area contributed by atoms with Crippen LogP contribution >= 0.6 is 11.3 Å². The fraction of sp³-hybridized carbons (Fsp3) is 0.250. The SMILES string of the molecule is CN(C)C(CNC(=O)C(Cc1ccccc1)NC(=O)c1ccccc1)c1cccs1. The molecule has 5 nitrogen and oxygen atoms in total. The Bertz CT molecular complexity index is 928. The lowest BCUT2D eigenvalue weighted by atomic mass is 10.0. The lowest BCUT2D eigenvalue weighted by Crippen LogP contribution is -2.49. The van der Waals surface area contributed by atoms with Gasteiger partial charge in [-0.2, -0.15) is 0 Å². The monoisotopic (exact) mass is 421 g/mol. The first-order valence-electron chi connectivity index (χ1n) is 9.92. The predicted molar refractivity (Wildman–Crippen MR) is 122 cm³/mol. The third kappa shape index (κ3) is 6.02. The molecule has 6 heteroatoms. The summed E-state index contributed by atoms with van der Waals surface area (Å²) in [5.74, 6) is -0.444. The number of amides is 2. The third-order valence-corrected chi connectivity index (χ3v) is 5.88. The molecule has 3 rings (SSSR count). The summed E-state index contributed by atoms with van der Waals surface area (Å²) in [6.45, 7) is 0.471. The topological polar surface area (TPSA) is 61.4 Å². The lowest BCUT2D eigenvalue weighted by Gasteiger charge is -2.25. The van der Waals surface area contributed by atoms with Crippen molar-refractivity contribution in [2.75, 3.05) is 20.6 Å². The molecule has 2 atom stereocenters. The normalized spacial score (nSPS) is 12.9. The molecule has 2 unspecified atom stereocenters. The Morgan fingerprint density at radius 2 is 1.60 bits per heavy atom. The van der Waals surface area contributed by atoms with Crippen LogP contribution in [0.15, 0.2) is 78.2 Å². The Balaban J connectivity index is 1.71. The van der Waals surface area contributed by atoms with Crippen LogP contribution in [-0.4, -0.2) is 43.4 Å². The maximum atomic E-state index is 13.1. The molecule has 0 aliphatic carbocycles. The van der Waals surface area contributed by atoms with Gasteiger partial charge in [-0.15, -0.1) is 11.3 Å². The zero-order valence-electron chi connectivity index (χ0n) is 17.2. The van der Waals surface area contributed by atoms with E-state index >= 15 is 0 Å². The van der Waals surface area contributed by atoms with Crippen molar-refractivity contribution in [1.29, 1.82) is 0 Å². The Morgan fingerprint density at radius 1 is 0.933 bits per heavy atom. The lowest BCUT2D eigenvalue weighted by molar-refractivity contribution is -0.123. The van der Waals surface area contributed by atoms with Crippen LogP contribution in [0.4, 0.5) is 0 Å². The van der Waals surface area contributed by atoms with Crippen LogP contribution in [0, 0.1) is 0 Å². The van der Waals surface area contributed by atoms with E-state index in [0.29, 0.717) is 18.5 Å². The largest absolute Gasteiger partial charge is 0.352 e. The molecule has 1 heterocycles. The second-order valence-corrected chi connectivity index (χ2v) is 8.30. The van der Waals surface area contributed by atoms with Crippen molar-refractivity contribution in [3.63, 3.8) is 0 Å². The zero-order valence-corrected chi connectivity index (χ0v) is 18.1. The molecule has 2 amide bonds. The standard InChI is InChI=1S/C24H27N3O2S/c1-27(2)21(22-14-9-15-30-22)17-25-24(29)20(16-18-10-5-3-6-11-18)26-23(28)19-12-7-4-8-13-19/h3-15,20-21H,16-17H2,1-2H3,(H,25,29)(H,26,28). The number of thiophene rings is 1. The summed E-state index contributed by atoms with van der Waals surface area (Å²) >= 11 is 1.67. The summed E-state index contributed by atoms with van der Waals surface area (Å²) in [5.41, 5.74) is 1.53. The van der Waals surface area contributed by atoms with Crippen molar-refractivity contribution in [3.05, 3.63) is 94.2 Å². The minimum atomic E-state index is -0.661. The number of hydrogen-bond acceptors (Lipinski definition) is 4. The minimum absolute atomic E-state index is 0.0798. The summed E-state index contributed by atoms with van der Waals surface area (Å²) in [6, 6.07) is 22.2. The Hall–Kier alpha value is -2.96. The van der Waals surface area contributed by atoms with Crippen molar-refractivity contribution in [2.24, 2.45) is 0 Å². The first-order chi connectivity index (χ1) is 14.5. The molecule has 2 aromatic carbocycles. The summed E-state index contributed by atoms with van der Waals surface area (Å²) in [6.07, 6.45) is 0.427.